The molecule has 6 nitrogen and oxygen atoms in total. The number of ketones is 1. The van der Waals surface area contributed by atoms with Crippen LogP contribution in [0, 0.1) is 55.7 Å². The lowest BCUT2D eigenvalue weighted by Gasteiger charge is -2.71. The molecule has 6 heteroatoms. The monoisotopic (exact) mass is 685 g/mol. The molecule has 0 aliphatic heterocycles. The van der Waals surface area contributed by atoms with Crippen LogP contribution in [0.3, 0.4) is 0 Å². The second kappa shape index (κ2) is 11.8. The Hall–Kier alpha value is -2.47. The van der Waals surface area contributed by atoms with Crippen LogP contribution in [-0.4, -0.2) is 35.5 Å². The number of nitrogens with one attached hydrogen (secondary N) is 1. The summed E-state index contributed by atoms with van der Waals surface area (Å²) in [5.41, 5.74) is 3.48. The number of esters is 1. The van der Waals surface area contributed by atoms with Crippen molar-refractivity contribution in [2.45, 2.75) is 145 Å². The van der Waals surface area contributed by atoms with Crippen molar-refractivity contribution in [3.05, 3.63) is 47.0 Å². The molecule has 5 fully saturated rings. The number of allylic oxidation sites excluding steroid dienone is 2. The van der Waals surface area contributed by atoms with Gasteiger partial charge in [0.05, 0.1) is 11.8 Å². The van der Waals surface area contributed by atoms with Crippen LogP contribution in [0.25, 0.3) is 0 Å². The zero-order valence-electron chi connectivity index (χ0n) is 32.2. The lowest BCUT2D eigenvalue weighted by molar-refractivity contribution is -0.218. The first-order chi connectivity index (χ1) is 23.4. The van der Waals surface area contributed by atoms with Crippen molar-refractivity contribution in [1.82, 2.24) is 5.32 Å². The summed E-state index contributed by atoms with van der Waals surface area (Å²) in [7, 11) is 0. The summed E-state index contributed by atoms with van der Waals surface area (Å²) >= 11 is 0. The van der Waals surface area contributed by atoms with E-state index in [1.807, 2.05) is 0 Å². The van der Waals surface area contributed by atoms with Crippen molar-refractivity contribution >= 4 is 17.7 Å². The number of fused-ring (bicyclic) bond motifs is 6. The minimum absolute atomic E-state index is 0.0141. The molecule has 2 N–H and O–H groups in total. The average molecular weight is 686 g/mol. The second-order valence-electron chi connectivity index (χ2n) is 19.8. The molecular weight excluding hydrogens is 622 g/mol. The van der Waals surface area contributed by atoms with E-state index in [9.17, 15) is 19.5 Å². The maximum Gasteiger partial charge on any atom is 0.309 e. The Kier molecular flexibility index (Phi) is 8.45. The average Bonchev–Trinajstić information content (AvgIpc) is 3.58. The van der Waals surface area contributed by atoms with E-state index in [0.717, 1.165) is 51.6 Å². The molecule has 274 valence electrons. The third-order valence-electron chi connectivity index (χ3n) is 16.9. The Bertz CT molecular complexity index is 1600. The van der Waals surface area contributed by atoms with Gasteiger partial charge in [-0.05, 0) is 135 Å². The standard InChI is InChI=1S/C44H63NO5/c1-28(2)35-31(46)24-43(22-23-45-26-29-12-10-9-11-13-29)20-18-39(5)30(36(35)43)14-15-32-40(39,6)19-21-44-27-42(44,8)33(16-17-41(32,44)7)50-34(47)25-38(3,4)37(48)49/h9-13,28,30,32-33,45H,14-27H2,1-8H3,(H,48,49)/t30-,32+,33+,39-,40-,41-,42?,43-,44+/m1/s1. The van der Waals surface area contributed by atoms with Gasteiger partial charge in [0.2, 0.25) is 0 Å². The van der Waals surface area contributed by atoms with E-state index in [4.69, 9.17) is 4.74 Å². The number of benzene rings is 1. The Morgan fingerprint density at radius 3 is 2.30 bits per heavy atom. The molecule has 1 aromatic carbocycles. The molecule has 6 aliphatic carbocycles. The van der Waals surface area contributed by atoms with E-state index >= 15 is 0 Å². The molecule has 0 aromatic heterocycles. The number of carbonyl (C=O) groups excluding carboxylic acids is 2. The Morgan fingerprint density at radius 1 is 0.920 bits per heavy atom. The van der Waals surface area contributed by atoms with E-state index in [2.05, 4.69) is 77.2 Å². The number of ether oxygens (including phenoxy) is 1. The topological polar surface area (TPSA) is 92.7 Å². The number of Topliss-reactive ketones (excluding diaryl/α,β-unsaturated/α-hetero) is 1. The predicted molar refractivity (Wildman–Crippen MR) is 196 cm³/mol. The van der Waals surface area contributed by atoms with Gasteiger partial charge in [-0.1, -0.05) is 77.4 Å². The highest BCUT2D eigenvalue weighted by Gasteiger charge is 2.82. The Morgan fingerprint density at radius 2 is 1.62 bits per heavy atom. The summed E-state index contributed by atoms with van der Waals surface area (Å²) in [6, 6.07) is 10.6. The molecule has 50 heavy (non-hydrogen) atoms. The van der Waals surface area contributed by atoms with Gasteiger partial charge in [0.25, 0.3) is 0 Å². The number of carboxylic acids is 1. The molecule has 0 bridgehead atoms. The van der Waals surface area contributed by atoms with Crippen LogP contribution in [0.4, 0.5) is 0 Å². The highest BCUT2D eigenvalue weighted by atomic mass is 16.5. The molecule has 9 atom stereocenters. The van der Waals surface area contributed by atoms with Crippen molar-refractivity contribution in [3.8, 4) is 0 Å². The van der Waals surface area contributed by atoms with Crippen LogP contribution in [0.15, 0.2) is 41.5 Å². The van der Waals surface area contributed by atoms with E-state index in [-0.39, 0.29) is 56.9 Å². The smallest absolute Gasteiger partial charge is 0.309 e. The first kappa shape index (κ1) is 35.9. The number of hydrogen-bond acceptors (Lipinski definition) is 5. The van der Waals surface area contributed by atoms with Gasteiger partial charge < -0.3 is 15.2 Å². The molecule has 0 saturated heterocycles. The predicted octanol–water partition coefficient (Wildman–Crippen LogP) is 9.31. The molecule has 6 aliphatic rings. The fourth-order valence-electron chi connectivity index (χ4n) is 13.8. The third-order valence-corrected chi connectivity index (χ3v) is 16.9. The van der Waals surface area contributed by atoms with Crippen LogP contribution in [0.2, 0.25) is 0 Å². The van der Waals surface area contributed by atoms with Crippen LogP contribution in [0.1, 0.15) is 138 Å². The largest absolute Gasteiger partial charge is 0.481 e. The molecule has 0 heterocycles. The van der Waals surface area contributed by atoms with Crippen molar-refractivity contribution < 1.29 is 24.2 Å². The maximum absolute atomic E-state index is 14.0. The van der Waals surface area contributed by atoms with Crippen molar-refractivity contribution in [3.63, 3.8) is 0 Å². The minimum atomic E-state index is -1.13. The quantitative estimate of drug-likeness (QED) is 0.188. The van der Waals surface area contributed by atoms with Crippen molar-refractivity contribution in [2.75, 3.05) is 6.54 Å². The highest BCUT2D eigenvalue weighted by molar-refractivity contribution is 6.00. The molecule has 1 aromatic rings. The van der Waals surface area contributed by atoms with E-state index in [1.165, 1.54) is 36.8 Å². The lowest BCUT2D eigenvalue weighted by atomic mass is 9.33. The van der Waals surface area contributed by atoms with Crippen LogP contribution in [0.5, 0.6) is 0 Å². The van der Waals surface area contributed by atoms with Crippen LogP contribution < -0.4 is 5.32 Å². The highest BCUT2D eigenvalue weighted by Crippen LogP contribution is 2.87. The first-order valence-electron chi connectivity index (χ1n) is 19.9. The molecule has 5 saturated carbocycles. The maximum atomic E-state index is 14.0. The summed E-state index contributed by atoms with van der Waals surface area (Å²) in [5.74, 6) is 0.376. The molecule has 0 radical (unpaired) electrons. The van der Waals surface area contributed by atoms with E-state index < -0.39 is 11.4 Å². The number of hydrogen-bond donors (Lipinski definition) is 2. The first-order valence-corrected chi connectivity index (χ1v) is 19.9. The van der Waals surface area contributed by atoms with E-state index in [1.54, 1.807) is 19.4 Å². The number of carbonyl (C=O) groups is 3. The number of carboxylic acid groups (broad SMARTS) is 1. The molecule has 1 unspecified atom stereocenters. The zero-order chi connectivity index (χ0) is 36.1. The van der Waals surface area contributed by atoms with Gasteiger partial charge >= 0.3 is 11.9 Å². The van der Waals surface area contributed by atoms with Crippen molar-refractivity contribution in [1.29, 1.82) is 0 Å². The molecule has 1 spiro atoms. The second-order valence-corrected chi connectivity index (χ2v) is 19.8. The summed E-state index contributed by atoms with van der Waals surface area (Å²) in [6.07, 6.45) is 11.5. The van der Waals surface area contributed by atoms with Gasteiger partial charge in [0.1, 0.15) is 6.10 Å². The van der Waals surface area contributed by atoms with Gasteiger partial charge in [0.15, 0.2) is 5.78 Å². The molecular formula is C44H63NO5. The summed E-state index contributed by atoms with van der Waals surface area (Å²) in [4.78, 5) is 38.8. The Labute approximate surface area is 301 Å². The van der Waals surface area contributed by atoms with Gasteiger partial charge in [-0.2, -0.15) is 0 Å². The molecule has 0 amide bonds. The van der Waals surface area contributed by atoms with Gasteiger partial charge in [-0.25, -0.2) is 0 Å². The Balaban J connectivity index is 1.13. The minimum Gasteiger partial charge on any atom is -0.481 e. The SMILES string of the molecule is CC(C)C1=C2[C@H]3CC[C@@H]4[C@@]5(C)CC[C@H](OC(=O)CC(C)(C)C(=O)O)C6(C)C[C@]65CC[C@@]4(C)[C@]3(C)CC[C@@]2(CCNCc2ccccc2)CC1=O. The van der Waals surface area contributed by atoms with Gasteiger partial charge in [0, 0.05) is 23.8 Å². The van der Waals surface area contributed by atoms with Gasteiger partial charge in [-0.3, -0.25) is 14.4 Å². The van der Waals surface area contributed by atoms with Gasteiger partial charge in [-0.15, -0.1) is 0 Å². The fraction of sp³-hybridized carbons (Fsp3) is 0.750. The third kappa shape index (κ3) is 4.92. The fourth-order valence-corrected chi connectivity index (χ4v) is 13.8. The lowest BCUT2D eigenvalue weighted by Crippen LogP contribution is -2.64. The van der Waals surface area contributed by atoms with Crippen LogP contribution in [-0.2, 0) is 25.7 Å². The zero-order valence-corrected chi connectivity index (χ0v) is 32.2. The normalized spacial score (nSPS) is 41.9. The summed E-state index contributed by atoms with van der Waals surface area (Å²) in [5, 5.41) is 13.3. The summed E-state index contributed by atoms with van der Waals surface area (Å²) < 4.78 is 6.21. The number of aliphatic carboxylic acids is 1. The molecule has 7 rings (SSSR count). The summed E-state index contributed by atoms with van der Waals surface area (Å²) in [6.45, 7) is 19.7. The van der Waals surface area contributed by atoms with E-state index in [0.29, 0.717) is 24.0 Å². The van der Waals surface area contributed by atoms with Crippen molar-refractivity contribution in [2.24, 2.45) is 55.7 Å². The van der Waals surface area contributed by atoms with Crippen LogP contribution >= 0.6 is 0 Å². The number of rotatable bonds is 10.